The highest BCUT2D eigenvalue weighted by Crippen LogP contribution is 2.34. The largest absolute Gasteiger partial charge is 0.462 e. The second-order valence-corrected chi connectivity index (χ2v) is 20.1. The Bertz CT molecular complexity index is 1060. The maximum absolute atomic E-state index is 12.7. The number of carbonyl (C=O) groups excluding carboxylic acids is 4. The van der Waals surface area contributed by atoms with Crippen LogP contribution in [0.25, 0.3) is 0 Å². The Morgan fingerprint density at radius 2 is 0.833 bits per heavy atom. The van der Waals surface area contributed by atoms with E-state index in [1.807, 2.05) is 14.1 Å². The number of carbonyl (C=O) groups is 4. The van der Waals surface area contributed by atoms with Gasteiger partial charge in [-0.15, -0.1) is 0 Å². The molecule has 10 heteroatoms. The number of esters is 4. The number of likely N-dealkylation sites (N-methyl/N-ethyl adjacent to an activating group) is 1. The second kappa shape index (κ2) is 32.5. The summed E-state index contributed by atoms with van der Waals surface area (Å²) in [6, 6.07) is 0. The Hall–Kier alpha value is -2.20. The molecular formula is C50H92N2O8. The third-order valence-corrected chi connectivity index (χ3v) is 13.2. The van der Waals surface area contributed by atoms with Crippen LogP contribution in [0.4, 0.5) is 0 Å². The first-order valence-corrected chi connectivity index (χ1v) is 24.7. The molecular weight excluding hydrogens is 757 g/mol. The van der Waals surface area contributed by atoms with E-state index in [9.17, 15) is 19.2 Å². The number of ether oxygens (including phenoxy) is 4. The van der Waals surface area contributed by atoms with Crippen LogP contribution in [-0.2, 0) is 38.1 Å². The van der Waals surface area contributed by atoms with E-state index in [0.717, 1.165) is 93.4 Å². The zero-order valence-electron chi connectivity index (χ0n) is 40.0. The molecule has 2 aliphatic rings. The molecule has 0 N–H and O–H groups in total. The van der Waals surface area contributed by atoms with Gasteiger partial charge in [0.2, 0.25) is 0 Å². The van der Waals surface area contributed by atoms with E-state index in [0.29, 0.717) is 19.6 Å². The molecule has 10 nitrogen and oxygen atoms in total. The lowest BCUT2D eigenvalue weighted by molar-refractivity contribution is -0.156. The van der Waals surface area contributed by atoms with Gasteiger partial charge in [0.05, 0.1) is 24.7 Å². The molecule has 0 spiro atoms. The third kappa shape index (κ3) is 27.0. The lowest BCUT2D eigenvalue weighted by Gasteiger charge is -2.27. The fourth-order valence-corrected chi connectivity index (χ4v) is 9.07. The smallest absolute Gasteiger partial charge is 0.309 e. The van der Waals surface area contributed by atoms with Gasteiger partial charge in [0.15, 0.2) is 0 Å². The Labute approximate surface area is 367 Å². The molecule has 0 saturated heterocycles. The molecule has 0 amide bonds. The predicted molar refractivity (Wildman–Crippen MR) is 242 cm³/mol. The number of nitrogens with zero attached hydrogens (tertiary/aromatic N) is 2. The van der Waals surface area contributed by atoms with Crippen molar-refractivity contribution in [2.45, 2.75) is 183 Å². The number of hydrogen-bond donors (Lipinski definition) is 0. The lowest BCUT2D eigenvalue weighted by atomic mass is 9.79. The van der Waals surface area contributed by atoms with Crippen LogP contribution in [0.3, 0.4) is 0 Å². The maximum atomic E-state index is 12.7. The highest BCUT2D eigenvalue weighted by molar-refractivity contribution is 5.73. The van der Waals surface area contributed by atoms with Crippen LogP contribution >= 0.6 is 0 Å². The van der Waals surface area contributed by atoms with E-state index in [4.69, 9.17) is 18.9 Å². The molecule has 350 valence electrons. The van der Waals surface area contributed by atoms with Gasteiger partial charge >= 0.3 is 23.9 Å². The summed E-state index contributed by atoms with van der Waals surface area (Å²) < 4.78 is 21.8. The van der Waals surface area contributed by atoms with Gasteiger partial charge in [0.1, 0.15) is 26.4 Å². The van der Waals surface area contributed by atoms with Crippen LogP contribution in [-0.4, -0.2) is 100 Å². The van der Waals surface area contributed by atoms with Crippen molar-refractivity contribution < 1.29 is 38.1 Å². The van der Waals surface area contributed by atoms with Gasteiger partial charge in [-0.1, -0.05) is 119 Å². The molecule has 0 bridgehead atoms. The van der Waals surface area contributed by atoms with Crippen LogP contribution < -0.4 is 0 Å². The van der Waals surface area contributed by atoms with E-state index in [2.05, 4.69) is 51.3 Å². The zero-order valence-corrected chi connectivity index (χ0v) is 40.0. The Balaban J connectivity index is 1.53. The molecule has 0 heterocycles. The fraction of sp³-hybridized carbons (Fsp3) is 0.920. The Morgan fingerprint density at radius 3 is 1.20 bits per heavy atom. The van der Waals surface area contributed by atoms with E-state index < -0.39 is 0 Å². The molecule has 2 fully saturated rings. The van der Waals surface area contributed by atoms with Crippen molar-refractivity contribution >= 4 is 23.9 Å². The maximum Gasteiger partial charge on any atom is 0.309 e. The highest BCUT2D eigenvalue weighted by Gasteiger charge is 2.29. The van der Waals surface area contributed by atoms with Gasteiger partial charge in [-0.3, -0.25) is 19.2 Å². The van der Waals surface area contributed by atoms with Crippen LogP contribution in [0.2, 0.25) is 0 Å². The van der Waals surface area contributed by atoms with Crippen LogP contribution in [0.15, 0.2) is 0 Å². The van der Waals surface area contributed by atoms with Crippen molar-refractivity contribution in [2.75, 3.05) is 66.7 Å². The summed E-state index contributed by atoms with van der Waals surface area (Å²) >= 11 is 0. The standard InChI is InChI=1S/C50H92N2O8/c1-39(2)13-9-15-41(5)17-11-19-43-21-25-45(26-22-43)49(55)59-37-35-57-47(53)29-31-52(34-33-51(7)8)32-30-48(54)58-36-38-60-50(56)46-27-23-44(24-28-46)20-12-18-42(6)16-10-14-40(3)4/h39-46H,9-38H2,1-8H3. The first-order chi connectivity index (χ1) is 28.7. The molecule has 60 heavy (non-hydrogen) atoms. The normalized spacial score (nSPS) is 20.7. The Kier molecular flexibility index (Phi) is 29.2. The molecule has 2 saturated carbocycles. The van der Waals surface area contributed by atoms with E-state index in [-0.39, 0.29) is 75.0 Å². The summed E-state index contributed by atoms with van der Waals surface area (Å²) in [6.45, 7) is 16.6. The minimum atomic E-state index is -0.355. The van der Waals surface area contributed by atoms with E-state index >= 15 is 0 Å². The summed E-state index contributed by atoms with van der Waals surface area (Å²) in [6.07, 6.45) is 24.0. The van der Waals surface area contributed by atoms with Crippen molar-refractivity contribution in [1.82, 2.24) is 9.80 Å². The van der Waals surface area contributed by atoms with E-state index in [1.54, 1.807) is 0 Å². The predicted octanol–water partition coefficient (Wildman–Crippen LogP) is 10.7. The van der Waals surface area contributed by atoms with Crippen LogP contribution in [0.1, 0.15) is 183 Å². The van der Waals surface area contributed by atoms with Crippen molar-refractivity contribution in [2.24, 2.45) is 47.3 Å². The van der Waals surface area contributed by atoms with Gasteiger partial charge in [-0.05, 0) is 101 Å². The summed E-state index contributed by atoms with van der Waals surface area (Å²) in [5.41, 5.74) is 0. The lowest BCUT2D eigenvalue weighted by Crippen LogP contribution is -2.35. The number of hydrogen-bond acceptors (Lipinski definition) is 10. The second-order valence-electron chi connectivity index (χ2n) is 20.1. The third-order valence-electron chi connectivity index (χ3n) is 13.2. The first kappa shape index (κ1) is 53.9. The molecule has 2 aliphatic carbocycles. The summed E-state index contributed by atoms with van der Waals surface area (Å²) in [5, 5.41) is 0. The molecule has 0 aromatic carbocycles. The molecule has 0 aromatic rings. The van der Waals surface area contributed by atoms with Gasteiger partial charge in [-0.2, -0.15) is 0 Å². The molecule has 2 atom stereocenters. The Morgan fingerprint density at radius 1 is 0.467 bits per heavy atom. The molecule has 0 aliphatic heterocycles. The van der Waals surface area contributed by atoms with Crippen molar-refractivity contribution in [3.05, 3.63) is 0 Å². The van der Waals surface area contributed by atoms with Gasteiger partial charge in [0.25, 0.3) is 0 Å². The van der Waals surface area contributed by atoms with Gasteiger partial charge in [0, 0.05) is 26.2 Å². The van der Waals surface area contributed by atoms with Crippen molar-refractivity contribution in [3.63, 3.8) is 0 Å². The minimum Gasteiger partial charge on any atom is -0.462 e. The average Bonchev–Trinajstić information content (AvgIpc) is 3.20. The summed E-state index contributed by atoms with van der Waals surface area (Å²) in [7, 11) is 3.97. The summed E-state index contributed by atoms with van der Waals surface area (Å²) in [4.78, 5) is 54.6. The number of rotatable bonds is 33. The monoisotopic (exact) mass is 849 g/mol. The van der Waals surface area contributed by atoms with Gasteiger partial charge < -0.3 is 28.7 Å². The zero-order chi connectivity index (χ0) is 44.1. The topological polar surface area (TPSA) is 112 Å². The van der Waals surface area contributed by atoms with Crippen molar-refractivity contribution in [1.29, 1.82) is 0 Å². The molecule has 0 radical (unpaired) electrons. The molecule has 2 rings (SSSR count). The summed E-state index contributed by atoms with van der Waals surface area (Å²) in [5.74, 6) is 3.48. The van der Waals surface area contributed by atoms with Crippen molar-refractivity contribution in [3.8, 4) is 0 Å². The average molecular weight is 849 g/mol. The first-order valence-electron chi connectivity index (χ1n) is 24.7. The van der Waals surface area contributed by atoms with E-state index in [1.165, 1.54) is 77.0 Å². The molecule has 0 aromatic heterocycles. The highest BCUT2D eigenvalue weighted by atomic mass is 16.6. The van der Waals surface area contributed by atoms with Crippen LogP contribution in [0.5, 0.6) is 0 Å². The fourth-order valence-electron chi connectivity index (χ4n) is 9.07. The van der Waals surface area contributed by atoms with Crippen LogP contribution in [0, 0.1) is 47.3 Å². The van der Waals surface area contributed by atoms with Gasteiger partial charge in [-0.25, -0.2) is 0 Å². The SMILES string of the molecule is CC(C)CCCC(C)CCCC1CCC(C(=O)OCCOC(=O)CCN(CCC(=O)OCCOC(=O)C2CCC(CCCC(C)CCCC(C)C)CC2)CCN(C)C)CC1. The quantitative estimate of drug-likeness (QED) is 0.0359. The minimum absolute atomic E-state index is 0.0450. The molecule has 2 unspecified atom stereocenters.